The van der Waals surface area contributed by atoms with Crippen molar-refractivity contribution in [3.63, 3.8) is 0 Å². The standard InChI is InChI=1S/C35H29NO4S/c1-18(2)29-15-20-13-19(14-24-31(37)25-17-30(34(39)40)41-33(25)32(24)38)9-12-28(20)36(29)21-10-11-23-22-7-5-6-8-26(22)35(3,4)27(23)16-21/h5-14,16-18,29H,15H2,1-4H3,(H,39,40)/b24-14+. The van der Waals surface area contributed by atoms with Gasteiger partial charge >= 0.3 is 5.97 Å². The fourth-order valence-electron chi connectivity index (χ4n) is 6.80. The lowest BCUT2D eigenvalue weighted by Gasteiger charge is -2.32. The Morgan fingerprint density at radius 2 is 1.71 bits per heavy atom. The van der Waals surface area contributed by atoms with E-state index in [1.807, 2.05) is 6.07 Å². The third-order valence-electron chi connectivity index (χ3n) is 8.93. The summed E-state index contributed by atoms with van der Waals surface area (Å²) in [5.41, 5.74) is 9.81. The van der Waals surface area contributed by atoms with Gasteiger partial charge in [0.1, 0.15) is 4.88 Å². The van der Waals surface area contributed by atoms with Crippen molar-refractivity contribution in [1.82, 2.24) is 0 Å². The Morgan fingerprint density at radius 3 is 2.44 bits per heavy atom. The molecule has 0 fully saturated rings. The number of carbonyl (C=O) groups excluding carboxylic acids is 2. The number of carboxylic acids is 1. The van der Waals surface area contributed by atoms with Crippen LogP contribution in [0.1, 0.15) is 79.7 Å². The number of benzene rings is 3. The molecule has 0 saturated carbocycles. The van der Waals surface area contributed by atoms with Gasteiger partial charge in [-0.3, -0.25) is 9.59 Å². The van der Waals surface area contributed by atoms with E-state index in [0.717, 1.165) is 29.0 Å². The maximum absolute atomic E-state index is 13.0. The van der Waals surface area contributed by atoms with Crippen LogP contribution in [-0.2, 0) is 11.8 Å². The third kappa shape index (κ3) is 3.70. The summed E-state index contributed by atoms with van der Waals surface area (Å²) in [6.45, 7) is 9.09. The van der Waals surface area contributed by atoms with Gasteiger partial charge in [0.2, 0.25) is 5.78 Å². The Bertz CT molecular complexity index is 1820. The zero-order valence-corrected chi connectivity index (χ0v) is 24.1. The second-order valence-electron chi connectivity index (χ2n) is 12.0. The van der Waals surface area contributed by atoms with Crippen LogP contribution in [0.3, 0.4) is 0 Å². The summed E-state index contributed by atoms with van der Waals surface area (Å²) in [5.74, 6) is -1.53. The Labute approximate surface area is 242 Å². The van der Waals surface area contributed by atoms with Crippen LogP contribution < -0.4 is 4.90 Å². The van der Waals surface area contributed by atoms with Crippen molar-refractivity contribution in [3.8, 4) is 11.1 Å². The van der Waals surface area contributed by atoms with Gasteiger partial charge in [0.05, 0.1) is 10.5 Å². The Kier molecular flexibility index (Phi) is 5.54. The Morgan fingerprint density at radius 1 is 0.951 bits per heavy atom. The van der Waals surface area contributed by atoms with E-state index in [0.29, 0.717) is 5.92 Å². The van der Waals surface area contributed by atoms with Gasteiger partial charge in [-0.2, -0.15) is 0 Å². The largest absolute Gasteiger partial charge is 0.477 e. The molecule has 0 bridgehead atoms. The van der Waals surface area contributed by atoms with E-state index in [9.17, 15) is 19.5 Å². The highest BCUT2D eigenvalue weighted by Gasteiger charge is 2.39. The molecular formula is C35H29NO4S. The number of carboxylic acid groups (broad SMARTS) is 1. The molecule has 3 aromatic carbocycles. The second-order valence-corrected chi connectivity index (χ2v) is 13.1. The number of rotatable bonds is 4. The highest BCUT2D eigenvalue weighted by molar-refractivity contribution is 7.17. The average molecular weight is 560 g/mol. The lowest BCUT2D eigenvalue weighted by atomic mass is 9.82. The summed E-state index contributed by atoms with van der Waals surface area (Å²) in [5, 5.41) is 9.25. The van der Waals surface area contributed by atoms with Gasteiger partial charge in [0.15, 0.2) is 5.78 Å². The quantitative estimate of drug-likeness (QED) is 0.203. The normalized spacial score (nSPS) is 19.1. The summed E-state index contributed by atoms with van der Waals surface area (Å²) < 4.78 is 0. The van der Waals surface area contributed by atoms with E-state index in [4.69, 9.17) is 0 Å². The van der Waals surface area contributed by atoms with Crippen LogP contribution in [-0.4, -0.2) is 28.7 Å². The van der Waals surface area contributed by atoms with E-state index < -0.39 is 17.5 Å². The first kappa shape index (κ1) is 25.7. The van der Waals surface area contributed by atoms with Gasteiger partial charge in [-0.05, 0) is 82.1 Å². The molecule has 4 aromatic rings. The van der Waals surface area contributed by atoms with E-state index in [1.165, 1.54) is 39.6 Å². The first-order valence-corrected chi connectivity index (χ1v) is 14.7. The highest BCUT2D eigenvalue weighted by Crippen LogP contribution is 2.51. The Hall–Kier alpha value is -4.29. The molecule has 1 N–H and O–H groups in total. The molecule has 2 aliphatic carbocycles. The molecule has 0 radical (unpaired) electrons. The van der Waals surface area contributed by atoms with Crippen molar-refractivity contribution in [3.05, 3.63) is 110 Å². The molecule has 0 spiro atoms. The van der Waals surface area contributed by atoms with Crippen molar-refractivity contribution >= 4 is 46.3 Å². The van der Waals surface area contributed by atoms with E-state index in [-0.39, 0.29) is 32.3 Å². The van der Waals surface area contributed by atoms with Crippen LogP contribution in [0.15, 0.2) is 72.3 Å². The van der Waals surface area contributed by atoms with E-state index in [1.54, 1.807) is 6.08 Å². The summed E-state index contributed by atoms with van der Waals surface area (Å²) >= 11 is 0.865. The number of nitrogens with zero attached hydrogens (tertiary/aromatic N) is 1. The maximum atomic E-state index is 13.0. The number of aromatic carboxylic acids is 1. The van der Waals surface area contributed by atoms with Crippen LogP contribution in [0.4, 0.5) is 11.4 Å². The minimum atomic E-state index is -1.13. The van der Waals surface area contributed by atoms with Gasteiger partial charge in [-0.15, -0.1) is 11.3 Å². The summed E-state index contributed by atoms with van der Waals surface area (Å²) in [6, 6.07) is 23.2. The number of hydrogen-bond acceptors (Lipinski definition) is 5. The second kappa shape index (κ2) is 8.85. The number of carbonyl (C=O) groups is 3. The third-order valence-corrected chi connectivity index (χ3v) is 10.1. The number of hydrogen-bond donors (Lipinski definition) is 1. The van der Waals surface area contributed by atoms with Gasteiger partial charge in [0.25, 0.3) is 0 Å². The number of allylic oxidation sites excluding steroid dienone is 1. The molecule has 1 unspecified atom stereocenters. The molecule has 1 aromatic heterocycles. The monoisotopic (exact) mass is 559 g/mol. The van der Waals surface area contributed by atoms with Crippen molar-refractivity contribution < 1.29 is 19.5 Å². The van der Waals surface area contributed by atoms with Crippen molar-refractivity contribution in [2.45, 2.75) is 45.6 Å². The lowest BCUT2D eigenvalue weighted by Crippen LogP contribution is -2.32. The number of fused-ring (bicyclic) bond motifs is 5. The Balaban J connectivity index is 1.25. The van der Waals surface area contributed by atoms with Crippen molar-refractivity contribution in [2.75, 3.05) is 4.90 Å². The summed E-state index contributed by atoms with van der Waals surface area (Å²) in [7, 11) is 0. The first-order chi connectivity index (χ1) is 19.6. The zero-order chi connectivity index (χ0) is 28.8. The molecular weight excluding hydrogens is 530 g/mol. The van der Waals surface area contributed by atoms with Gasteiger partial charge in [-0.25, -0.2) is 4.79 Å². The van der Waals surface area contributed by atoms with Crippen molar-refractivity contribution in [2.24, 2.45) is 5.92 Å². The molecule has 1 aliphatic heterocycles. The molecule has 3 aliphatic rings. The van der Waals surface area contributed by atoms with Crippen molar-refractivity contribution in [1.29, 1.82) is 0 Å². The van der Waals surface area contributed by atoms with Crippen LogP contribution in [0.2, 0.25) is 0 Å². The molecule has 5 nitrogen and oxygen atoms in total. The smallest absolute Gasteiger partial charge is 0.345 e. The SMILES string of the molecule is CC(C)C1Cc2cc(/C=C3\C(=O)c4cc(C(=O)O)sc4C3=O)ccc2N1c1ccc2c(c1)C(C)(C)c1ccccc1-2. The summed E-state index contributed by atoms with van der Waals surface area (Å²) in [6.07, 6.45) is 2.52. The molecule has 1 atom stereocenters. The fourth-order valence-corrected chi connectivity index (χ4v) is 7.75. The number of ketones is 2. The zero-order valence-electron chi connectivity index (χ0n) is 23.3. The predicted octanol–water partition coefficient (Wildman–Crippen LogP) is 7.93. The highest BCUT2D eigenvalue weighted by atomic mass is 32.1. The predicted molar refractivity (Wildman–Crippen MR) is 163 cm³/mol. The topological polar surface area (TPSA) is 74.7 Å². The molecule has 7 rings (SSSR count). The fraction of sp³-hybridized carbons (Fsp3) is 0.229. The number of anilines is 2. The first-order valence-electron chi connectivity index (χ1n) is 13.9. The molecule has 2 heterocycles. The van der Waals surface area contributed by atoms with Crippen LogP contribution in [0.25, 0.3) is 17.2 Å². The molecule has 0 saturated heterocycles. The van der Waals surface area contributed by atoms with Gasteiger partial charge in [-0.1, -0.05) is 64.1 Å². The molecule has 0 amide bonds. The minimum absolute atomic E-state index is 0.00641. The van der Waals surface area contributed by atoms with Crippen LogP contribution in [0.5, 0.6) is 0 Å². The lowest BCUT2D eigenvalue weighted by molar-refractivity contribution is 0.0702. The number of thiophene rings is 1. The maximum Gasteiger partial charge on any atom is 0.345 e. The average Bonchev–Trinajstić information content (AvgIpc) is 3.67. The summed E-state index contributed by atoms with van der Waals surface area (Å²) in [4.78, 5) is 40.0. The van der Waals surface area contributed by atoms with Crippen LogP contribution >= 0.6 is 11.3 Å². The van der Waals surface area contributed by atoms with Gasteiger partial charge < -0.3 is 10.0 Å². The minimum Gasteiger partial charge on any atom is -0.477 e. The van der Waals surface area contributed by atoms with Crippen LogP contribution in [0, 0.1) is 5.92 Å². The van der Waals surface area contributed by atoms with E-state index in [2.05, 4.69) is 87.2 Å². The van der Waals surface area contributed by atoms with E-state index >= 15 is 0 Å². The molecule has 41 heavy (non-hydrogen) atoms. The molecule has 6 heteroatoms. The number of Topliss-reactive ketones (excluding diaryl/α,β-unsaturated/α-hetero) is 2. The van der Waals surface area contributed by atoms with Gasteiger partial charge in [0, 0.05) is 28.4 Å². The molecule has 204 valence electrons.